The molecule has 216 valence electrons. The lowest BCUT2D eigenvalue weighted by atomic mass is 9.86. The van der Waals surface area contributed by atoms with Crippen molar-refractivity contribution in [3.63, 3.8) is 0 Å². The summed E-state index contributed by atoms with van der Waals surface area (Å²) in [7, 11) is 0. The van der Waals surface area contributed by atoms with Gasteiger partial charge in [-0.15, -0.1) is 0 Å². The van der Waals surface area contributed by atoms with Crippen LogP contribution in [0.5, 0.6) is 0 Å². The van der Waals surface area contributed by atoms with Crippen LogP contribution in [0.3, 0.4) is 0 Å². The Balaban J connectivity index is 1.93. The summed E-state index contributed by atoms with van der Waals surface area (Å²) < 4.78 is 26.0. The Morgan fingerprint density at radius 1 is 1.10 bits per heavy atom. The first-order chi connectivity index (χ1) is 18.1. The fraction of sp³-hybridized carbons (Fsp3) is 0.600. The number of aliphatic carboxylic acids is 1. The van der Waals surface area contributed by atoms with Gasteiger partial charge in [-0.05, 0) is 52.3 Å². The Hall–Kier alpha value is -2.80. The molecule has 2 fully saturated rings. The van der Waals surface area contributed by atoms with E-state index in [9.17, 15) is 29.4 Å². The number of benzene rings is 1. The van der Waals surface area contributed by atoms with Crippen molar-refractivity contribution in [3.8, 4) is 0 Å². The summed E-state index contributed by atoms with van der Waals surface area (Å²) in [6.07, 6.45) is -5.65. The maximum atomic E-state index is 13.6. The van der Waals surface area contributed by atoms with Crippen molar-refractivity contribution >= 4 is 47.4 Å². The van der Waals surface area contributed by atoms with Gasteiger partial charge >= 0.3 is 24.2 Å². The summed E-state index contributed by atoms with van der Waals surface area (Å²) in [6, 6.07) is 4.65. The minimum Gasteiger partial charge on any atom is -0.481 e. The molecule has 6 atom stereocenters. The quantitative estimate of drug-likeness (QED) is 0.218. The van der Waals surface area contributed by atoms with Gasteiger partial charge in [0.15, 0.2) is 5.54 Å². The van der Waals surface area contributed by atoms with Gasteiger partial charge in [-0.25, -0.2) is 14.4 Å². The minimum atomic E-state index is -2.21. The van der Waals surface area contributed by atoms with Crippen molar-refractivity contribution in [1.29, 1.82) is 0 Å². The van der Waals surface area contributed by atoms with E-state index < -0.39 is 78.2 Å². The molecular weight excluding hydrogens is 561 g/mol. The van der Waals surface area contributed by atoms with Crippen molar-refractivity contribution in [2.45, 2.75) is 70.7 Å². The number of carbonyl (C=O) groups is 4. The van der Waals surface area contributed by atoms with E-state index in [0.29, 0.717) is 10.6 Å². The first-order valence-corrected chi connectivity index (χ1v) is 12.8. The highest BCUT2D eigenvalue weighted by Crippen LogP contribution is 2.63. The molecule has 3 N–H and O–H groups in total. The summed E-state index contributed by atoms with van der Waals surface area (Å²) in [5, 5.41) is 23.8. The predicted octanol–water partition coefficient (Wildman–Crippen LogP) is 3.53. The highest BCUT2D eigenvalue weighted by molar-refractivity contribution is 6.42. The molecule has 0 unspecified atom stereocenters. The van der Waals surface area contributed by atoms with Gasteiger partial charge in [0.2, 0.25) is 6.79 Å². The van der Waals surface area contributed by atoms with E-state index in [1.54, 1.807) is 40.7 Å². The minimum absolute atomic E-state index is 0.196. The van der Waals surface area contributed by atoms with Gasteiger partial charge in [-0.1, -0.05) is 29.3 Å². The Morgan fingerprint density at radius 2 is 1.77 bits per heavy atom. The van der Waals surface area contributed by atoms with Gasteiger partial charge in [0, 0.05) is 11.8 Å². The summed E-state index contributed by atoms with van der Waals surface area (Å²) >= 11 is 12.0. The summed E-state index contributed by atoms with van der Waals surface area (Å²) in [5.41, 5.74) is -2.68. The van der Waals surface area contributed by atoms with Gasteiger partial charge in [-0.3, -0.25) is 4.79 Å². The number of aliphatic hydroxyl groups is 1. The number of carboxylic acid groups (broad SMARTS) is 1. The van der Waals surface area contributed by atoms with Crippen LogP contribution in [0.4, 0.5) is 9.59 Å². The topological polar surface area (TPSA) is 167 Å². The number of rotatable bonds is 9. The van der Waals surface area contributed by atoms with Crippen LogP contribution in [0.15, 0.2) is 18.2 Å². The first-order valence-electron chi connectivity index (χ1n) is 12.1. The Morgan fingerprint density at radius 3 is 2.33 bits per heavy atom. The number of amides is 1. The molecule has 2 aliphatic carbocycles. The van der Waals surface area contributed by atoms with Gasteiger partial charge in [0.1, 0.15) is 11.7 Å². The van der Waals surface area contributed by atoms with Crippen molar-refractivity contribution in [2.24, 2.45) is 17.8 Å². The molecule has 0 aromatic heterocycles. The lowest BCUT2D eigenvalue weighted by Crippen LogP contribution is -2.66. The van der Waals surface area contributed by atoms with E-state index in [1.165, 1.54) is 12.1 Å². The third kappa shape index (κ3) is 6.86. The molecule has 1 aromatic rings. The third-order valence-electron chi connectivity index (χ3n) is 6.20. The van der Waals surface area contributed by atoms with E-state index >= 15 is 0 Å². The van der Waals surface area contributed by atoms with Gasteiger partial charge in [-0.2, -0.15) is 0 Å². The van der Waals surface area contributed by atoms with E-state index in [-0.39, 0.29) is 11.6 Å². The SMILES string of the molecule is CC(C)OC(=O)OCOC(=O)[C@@]1(NC(=O)OC(C)(C)C)[C@@H]2[C@@H](C(=O)O)[C@@H]2[C@H](O)[C@H]1OCc1ccc(Cl)c(Cl)c1. The number of esters is 1. The largest absolute Gasteiger partial charge is 0.511 e. The molecule has 0 radical (unpaired) electrons. The zero-order chi connectivity index (χ0) is 29.3. The molecule has 14 heteroatoms. The number of hydrogen-bond acceptors (Lipinski definition) is 10. The van der Waals surface area contributed by atoms with Gasteiger partial charge in [0.05, 0.1) is 34.8 Å². The van der Waals surface area contributed by atoms with E-state index in [2.05, 4.69) is 5.32 Å². The molecule has 1 aromatic carbocycles. The van der Waals surface area contributed by atoms with Crippen LogP contribution >= 0.6 is 23.2 Å². The standard InChI is InChI=1S/C25H31Cl2NO11/c1-11(2)38-23(34)37-10-36-21(32)25(28-22(33)39-24(3,4)5)17-15(16(17)20(30)31)18(29)19(25)35-9-12-6-7-13(26)14(27)8-12/h6-8,11,15-19,29H,9-10H2,1-5H3,(H,28,33)(H,30,31)/t15-,16-,17-,18-,19+,25+/m0/s1. The molecule has 1 amide bonds. The lowest BCUT2D eigenvalue weighted by Gasteiger charge is -2.38. The predicted molar refractivity (Wildman–Crippen MR) is 135 cm³/mol. The van der Waals surface area contributed by atoms with E-state index in [0.717, 1.165) is 0 Å². The molecule has 0 bridgehead atoms. The van der Waals surface area contributed by atoms with E-state index in [4.69, 9.17) is 46.9 Å². The summed E-state index contributed by atoms with van der Waals surface area (Å²) in [6.45, 7) is 6.84. The Kier molecular flexibility index (Phi) is 9.26. The molecule has 39 heavy (non-hydrogen) atoms. The van der Waals surface area contributed by atoms with Crippen LogP contribution in [0, 0.1) is 17.8 Å². The molecular formula is C25H31Cl2NO11. The van der Waals surface area contributed by atoms with Crippen LogP contribution in [-0.4, -0.2) is 70.6 Å². The van der Waals surface area contributed by atoms with Crippen molar-refractivity contribution < 1.29 is 53.1 Å². The zero-order valence-electron chi connectivity index (χ0n) is 21.9. The molecule has 2 aliphatic rings. The number of ether oxygens (including phenoxy) is 5. The molecule has 12 nitrogen and oxygen atoms in total. The van der Waals surface area contributed by atoms with E-state index in [1.807, 2.05) is 0 Å². The van der Waals surface area contributed by atoms with Crippen molar-refractivity contribution in [3.05, 3.63) is 33.8 Å². The van der Waals surface area contributed by atoms with Crippen LogP contribution in [0.25, 0.3) is 0 Å². The number of fused-ring (bicyclic) bond motifs is 1. The number of nitrogens with one attached hydrogen (secondary N) is 1. The molecule has 0 aliphatic heterocycles. The molecule has 0 saturated heterocycles. The second-order valence-corrected chi connectivity index (χ2v) is 11.4. The highest BCUT2D eigenvalue weighted by atomic mass is 35.5. The Bertz CT molecular complexity index is 1120. The lowest BCUT2D eigenvalue weighted by molar-refractivity contribution is -0.175. The smallest absolute Gasteiger partial charge is 0.481 e. The van der Waals surface area contributed by atoms with Crippen LogP contribution in [0.2, 0.25) is 10.0 Å². The van der Waals surface area contributed by atoms with Crippen LogP contribution < -0.4 is 5.32 Å². The van der Waals surface area contributed by atoms with Crippen LogP contribution in [-0.2, 0) is 39.9 Å². The average Bonchev–Trinajstić information content (AvgIpc) is 3.50. The number of aliphatic hydroxyl groups excluding tert-OH is 1. The van der Waals surface area contributed by atoms with Gasteiger partial charge < -0.3 is 39.2 Å². The normalized spacial score (nSPS) is 27.4. The number of carboxylic acids is 1. The second kappa shape index (κ2) is 11.7. The third-order valence-corrected chi connectivity index (χ3v) is 6.94. The number of alkyl carbamates (subject to hydrolysis) is 1. The monoisotopic (exact) mass is 591 g/mol. The van der Waals surface area contributed by atoms with Gasteiger partial charge in [0.25, 0.3) is 0 Å². The summed E-state index contributed by atoms with van der Waals surface area (Å²) in [5.74, 6) is -5.74. The maximum absolute atomic E-state index is 13.6. The van der Waals surface area contributed by atoms with Crippen molar-refractivity contribution in [2.75, 3.05) is 6.79 Å². The molecule has 3 rings (SSSR count). The highest BCUT2D eigenvalue weighted by Gasteiger charge is 2.81. The second-order valence-electron chi connectivity index (χ2n) is 10.5. The summed E-state index contributed by atoms with van der Waals surface area (Å²) in [4.78, 5) is 50.2. The molecule has 0 spiro atoms. The number of hydrogen-bond donors (Lipinski definition) is 3. The van der Waals surface area contributed by atoms with Crippen LogP contribution in [0.1, 0.15) is 40.2 Å². The molecule has 0 heterocycles. The number of halogens is 2. The Labute approximate surface area is 234 Å². The fourth-order valence-electron chi connectivity index (χ4n) is 4.78. The first kappa shape index (κ1) is 30.7. The van der Waals surface area contributed by atoms with Crippen molar-refractivity contribution in [1.82, 2.24) is 5.32 Å². The average molecular weight is 592 g/mol. The zero-order valence-corrected chi connectivity index (χ0v) is 23.4. The fourth-order valence-corrected chi connectivity index (χ4v) is 5.10. The number of carbonyl (C=O) groups excluding carboxylic acids is 3. The molecule has 2 saturated carbocycles. The maximum Gasteiger partial charge on any atom is 0.511 e.